The van der Waals surface area contributed by atoms with Crippen LogP contribution >= 0.6 is 0 Å². The largest absolute Gasteiger partial charge is 0.507 e. The number of aliphatic hydroxyl groups is 1. The Morgan fingerprint density at radius 3 is 2.38 bits per heavy atom. The molecule has 1 aromatic heterocycles. The predicted molar refractivity (Wildman–Crippen MR) is 113 cm³/mol. The van der Waals surface area contributed by atoms with E-state index in [1.807, 2.05) is 19.9 Å². The molecule has 0 aliphatic carbocycles. The average Bonchev–Trinajstić information content (AvgIpc) is 2.61. The normalized spacial score (nSPS) is 11.9. The first-order valence-corrected chi connectivity index (χ1v) is 9.50. The molecule has 3 rings (SSSR count). The van der Waals surface area contributed by atoms with Gasteiger partial charge in [0.2, 0.25) is 5.43 Å². The van der Waals surface area contributed by atoms with E-state index < -0.39 is 22.5 Å². The SMILES string of the molecule is CC(C)=CCc1ccc2oc3cc(O)c(O)c(CCC(C)(C)O)c3c(=O)c2c1O. The molecule has 0 amide bonds. The smallest absolute Gasteiger partial charge is 0.204 e. The number of phenolic OH excluding ortho intramolecular Hbond substituents is 3. The second-order valence-electron chi connectivity index (χ2n) is 8.27. The Kier molecular flexibility index (Phi) is 5.32. The van der Waals surface area contributed by atoms with Crippen LogP contribution in [0.5, 0.6) is 17.2 Å². The third kappa shape index (κ3) is 4.07. The van der Waals surface area contributed by atoms with E-state index in [2.05, 4.69) is 0 Å². The fourth-order valence-corrected chi connectivity index (χ4v) is 3.33. The lowest BCUT2D eigenvalue weighted by Crippen LogP contribution is -2.19. The minimum absolute atomic E-state index is 0.0340. The fraction of sp³-hybridized carbons (Fsp3) is 0.348. The lowest BCUT2D eigenvalue weighted by molar-refractivity contribution is 0.0713. The van der Waals surface area contributed by atoms with Gasteiger partial charge in [0.1, 0.15) is 22.3 Å². The predicted octanol–water partition coefficient (Wildman–Crippen LogP) is 4.28. The topological polar surface area (TPSA) is 111 Å². The van der Waals surface area contributed by atoms with Crippen LogP contribution in [0.4, 0.5) is 0 Å². The van der Waals surface area contributed by atoms with Crippen LogP contribution in [0, 0.1) is 0 Å². The number of aryl methyl sites for hydroxylation is 1. The molecular formula is C23H26O6. The van der Waals surface area contributed by atoms with Crippen LogP contribution in [0.15, 0.2) is 39.1 Å². The van der Waals surface area contributed by atoms with Gasteiger partial charge >= 0.3 is 0 Å². The van der Waals surface area contributed by atoms with Crippen molar-refractivity contribution in [2.24, 2.45) is 0 Å². The Hall–Kier alpha value is -2.99. The van der Waals surface area contributed by atoms with Crippen LogP contribution < -0.4 is 5.43 Å². The maximum atomic E-state index is 13.3. The summed E-state index contributed by atoms with van der Waals surface area (Å²) in [6.45, 7) is 7.14. The minimum Gasteiger partial charge on any atom is -0.507 e. The van der Waals surface area contributed by atoms with E-state index in [-0.39, 0.29) is 46.1 Å². The molecule has 6 nitrogen and oxygen atoms in total. The number of hydrogen-bond donors (Lipinski definition) is 4. The number of hydrogen-bond acceptors (Lipinski definition) is 6. The van der Waals surface area contributed by atoms with Crippen molar-refractivity contribution >= 4 is 21.9 Å². The molecule has 4 N–H and O–H groups in total. The van der Waals surface area contributed by atoms with E-state index in [4.69, 9.17) is 4.42 Å². The zero-order valence-electron chi connectivity index (χ0n) is 17.0. The van der Waals surface area contributed by atoms with Gasteiger partial charge in [0.05, 0.1) is 11.0 Å². The highest BCUT2D eigenvalue weighted by Gasteiger charge is 2.23. The summed E-state index contributed by atoms with van der Waals surface area (Å²) >= 11 is 0. The third-order valence-corrected chi connectivity index (χ3v) is 4.96. The molecule has 1 heterocycles. The van der Waals surface area contributed by atoms with E-state index >= 15 is 0 Å². The van der Waals surface area contributed by atoms with Gasteiger partial charge in [-0.15, -0.1) is 0 Å². The lowest BCUT2D eigenvalue weighted by Gasteiger charge is -2.18. The molecule has 0 bridgehead atoms. The number of fused-ring (bicyclic) bond motifs is 2. The maximum absolute atomic E-state index is 13.3. The number of phenols is 3. The highest BCUT2D eigenvalue weighted by molar-refractivity contribution is 5.96. The van der Waals surface area contributed by atoms with E-state index in [0.29, 0.717) is 12.0 Å². The second-order valence-corrected chi connectivity index (χ2v) is 8.27. The number of benzene rings is 2. The van der Waals surface area contributed by atoms with Crippen LogP contribution in [-0.4, -0.2) is 26.0 Å². The Bertz CT molecular complexity index is 1170. The van der Waals surface area contributed by atoms with Gasteiger partial charge in [-0.3, -0.25) is 4.79 Å². The first-order valence-electron chi connectivity index (χ1n) is 9.50. The van der Waals surface area contributed by atoms with Gasteiger partial charge in [0, 0.05) is 11.6 Å². The molecule has 0 saturated carbocycles. The summed E-state index contributed by atoms with van der Waals surface area (Å²) in [5.74, 6) is -0.986. The first kappa shape index (κ1) is 20.7. The summed E-state index contributed by atoms with van der Waals surface area (Å²) in [7, 11) is 0. The van der Waals surface area contributed by atoms with Crippen molar-refractivity contribution in [2.75, 3.05) is 0 Å². The Morgan fingerprint density at radius 2 is 1.76 bits per heavy atom. The summed E-state index contributed by atoms with van der Waals surface area (Å²) in [4.78, 5) is 13.3. The monoisotopic (exact) mass is 398 g/mol. The van der Waals surface area contributed by atoms with Crippen molar-refractivity contribution in [3.8, 4) is 17.2 Å². The summed E-state index contributed by atoms with van der Waals surface area (Å²) in [6.07, 6.45) is 2.81. The van der Waals surface area contributed by atoms with Crippen molar-refractivity contribution in [3.05, 3.63) is 51.2 Å². The van der Waals surface area contributed by atoms with E-state index in [1.54, 1.807) is 26.0 Å². The highest BCUT2D eigenvalue weighted by atomic mass is 16.3. The van der Waals surface area contributed by atoms with Gasteiger partial charge in [-0.05, 0) is 58.6 Å². The average molecular weight is 398 g/mol. The Labute approximate surface area is 168 Å². The van der Waals surface area contributed by atoms with Crippen LogP contribution in [0.3, 0.4) is 0 Å². The summed E-state index contributed by atoms with van der Waals surface area (Å²) in [6, 6.07) is 4.50. The van der Waals surface area contributed by atoms with E-state index in [0.717, 1.165) is 5.57 Å². The zero-order chi connectivity index (χ0) is 21.5. The quantitative estimate of drug-likeness (QED) is 0.290. The fourth-order valence-electron chi connectivity index (χ4n) is 3.33. The molecule has 0 spiro atoms. The van der Waals surface area contributed by atoms with Crippen molar-refractivity contribution < 1.29 is 24.8 Å². The summed E-state index contributed by atoms with van der Waals surface area (Å²) < 4.78 is 5.79. The van der Waals surface area contributed by atoms with Crippen molar-refractivity contribution in [2.45, 2.75) is 52.6 Å². The molecule has 0 atom stereocenters. The van der Waals surface area contributed by atoms with Crippen molar-refractivity contribution in [1.82, 2.24) is 0 Å². The molecule has 0 aliphatic heterocycles. The molecule has 29 heavy (non-hydrogen) atoms. The third-order valence-electron chi connectivity index (χ3n) is 4.96. The van der Waals surface area contributed by atoms with Gasteiger partial charge in [0.25, 0.3) is 0 Å². The van der Waals surface area contributed by atoms with Crippen molar-refractivity contribution in [1.29, 1.82) is 0 Å². The number of allylic oxidation sites excluding steroid dienone is 2. The highest BCUT2D eigenvalue weighted by Crippen LogP contribution is 2.38. The molecule has 2 aromatic carbocycles. The van der Waals surface area contributed by atoms with Crippen LogP contribution in [0.25, 0.3) is 21.9 Å². The minimum atomic E-state index is -1.03. The standard InChI is InChI=1S/C23H26O6/c1-12(2)5-6-13-7-8-16-19(20(13)25)22(27)18-14(9-10-23(3,4)28)21(26)15(24)11-17(18)29-16/h5,7-8,11,24-26,28H,6,9-10H2,1-4H3. The second kappa shape index (κ2) is 7.44. The number of rotatable bonds is 5. The van der Waals surface area contributed by atoms with Gasteiger partial charge in [0.15, 0.2) is 11.5 Å². The zero-order valence-corrected chi connectivity index (χ0v) is 17.0. The first-order chi connectivity index (χ1) is 13.5. The van der Waals surface area contributed by atoms with E-state index in [9.17, 15) is 25.2 Å². The lowest BCUT2D eigenvalue weighted by atomic mass is 9.94. The summed E-state index contributed by atoms with van der Waals surface area (Å²) in [5, 5.41) is 41.4. The molecule has 0 radical (unpaired) electrons. The summed E-state index contributed by atoms with van der Waals surface area (Å²) in [5.41, 5.74) is 0.655. The molecule has 0 unspecified atom stereocenters. The molecule has 0 fully saturated rings. The molecule has 6 heteroatoms. The molecule has 3 aromatic rings. The molecule has 0 aliphatic rings. The van der Waals surface area contributed by atoms with Gasteiger partial charge < -0.3 is 24.8 Å². The Morgan fingerprint density at radius 1 is 1.07 bits per heavy atom. The maximum Gasteiger partial charge on any atom is 0.204 e. The Balaban J connectivity index is 2.32. The molecule has 0 saturated heterocycles. The van der Waals surface area contributed by atoms with Gasteiger partial charge in [-0.2, -0.15) is 0 Å². The van der Waals surface area contributed by atoms with Gasteiger partial charge in [-0.25, -0.2) is 0 Å². The van der Waals surface area contributed by atoms with Gasteiger partial charge in [-0.1, -0.05) is 17.7 Å². The van der Waals surface area contributed by atoms with E-state index in [1.165, 1.54) is 6.07 Å². The van der Waals surface area contributed by atoms with Crippen LogP contribution in [-0.2, 0) is 12.8 Å². The van der Waals surface area contributed by atoms with Crippen LogP contribution in [0.2, 0.25) is 0 Å². The van der Waals surface area contributed by atoms with Crippen LogP contribution in [0.1, 0.15) is 45.2 Å². The number of aromatic hydroxyl groups is 3. The molecular weight excluding hydrogens is 372 g/mol. The molecule has 154 valence electrons. The van der Waals surface area contributed by atoms with Crippen molar-refractivity contribution in [3.63, 3.8) is 0 Å².